The Morgan fingerprint density at radius 3 is 1.96 bits per heavy atom. The summed E-state index contributed by atoms with van der Waals surface area (Å²) in [6, 6.07) is 16.9. The minimum atomic E-state index is -1.64. The third kappa shape index (κ3) is 25.8. The number of aliphatic hydroxyl groups excluding tert-OH is 2. The van der Waals surface area contributed by atoms with Gasteiger partial charge in [-0.2, -0.15) is 0 Å². The molecule has 1 aliphatic carbocycles. The zero-order valence-electron chi connectivity index (χ0n) is 57.3. The Hall–Kier alpha value is -7.00. The Bertz CT molecular complexity index is 3260. The predicted octanol–water partition coefficient (Wildman–Crippen LogP) is 0.0208. The highest BCUT2D eigenvalue weighted by atomic mass is 33.1. The largest absolute Gasteiger partial charge is 0.508 e. The van der Waals surface area contributed by atoms with E-state index in [1.54, 1.807) is 42.5 Å². The molecule has 27 nitrogen and oxygen atoms in total. The minimum absolute atomic E-state index is 0.00276. The van der Waals surface area contributed by atoms with Gasteiger partial charge in [-0.15, -0.1) is 0 Å². The molecule has 4 aliphatic rings. The molecular weight excluding hydrogens is 1320 g/mol. The van der Waals surface area contributed by atoms with Crippen molar-refractivity contribution < 1.29 is 68.4 Å². The molecule has 19 N–H and O–H groups in total. The van der Waals surface area contributed by atoms with Crippen LogP contribution in [0.3, 0.4) is 0 Å². The number of phenolic OH excluding ortho intramolecular Hbond substituents is 1. The summed E-state index contributed by atoms with van der Waals surface area (Å²) in [6.45, 7) is 7.97. The number of aliphatic hydroxyl groups is 2. The van der Waals surface area contributed by atoms with Crippen molar-refractivity contribution in [2.24, 2.45) is 35.1 Å². The van der Waals surface area contributed by atoms with Crippen LogP contribution in [0.15, 0.2) is 84.9 Å². The van der Waals surface area contributed by atoms with Gasteiger partial charge in [-0.1, -0.05) is 94.4 Å². The van der Waals surface area contributed by atoms with E-state index >= 15 is 19.2 Å². The molecule has 3 aromatic carbocycles. The predicted molar refractivity (Wildman–Crippen MR) is 383 cm³/mol. The number of nitrogens with two attached hydrogens (primary N) is 2. The normalized spacial score (nSPS) is 25.7. The molecule has 5 amide bonds. The summed E-state index contributed by atoms with van der Waals surface area (Å²) < 4.78 is 0. The van der Waals surface area contributed by atoms with Crippen LogP contribution in [0.4, 0.5) is 0 Å². The maximum absolute atomic E-state index is 15.4. The highest BCUT2D eigenvalue weighted by molar-refractivity contribution is 8.76. The Labute approximate surface area is 592 Å². The number of carboxylic acid groups (broad SMARTS) is 1. The average molecular weight is 1430 g/mol. The van der Waals surface area contributed by atoms with Crippen LogP contribution < -0.4 is 70.0 Å². The van der Waals surface area contributed by atoms with E-state index in [9.17, 15) is 49.2 Å². The summed E-state index contributed by atoms with van der Waals surface area (Å²) in [5.41, 5.74) is 14.8. The summed E-state index contributed by atoms with van der Waals surface area (Å²) in [5.74, 6) is -13.1. The smallest absolute Gasteiger partial charge is 0.309 e. The third-order valence-electron chi connectivity index (χ3n) is 18.6. The summed E-state index contributed by atoms with van der Waals surface area (Å²) in [6.07, 6.45) is -2.27. The van der Waals surface area contributed by atoms with Gasteiger partial charge in [0.15, 0.2) is 17.3 Å². The number of allylic oxidation sites excluding steroid dienone is 2. The number of benzene rings is 3. The Kier molecular flexibility index (Phi) is 32.6. The Morgan fingerprint density at radius 2 is 1.29 bits per heavy atom. The highest BCUT2D eigenvalue weighted by Crippen LogP contribution is 2.35. The number of fused-ring (bicyclic) bond motifs is 6. The molecule has 10 atom stereocenters. The Balaban J connectivity index is 1.19. The number of rotatable bonds is 25. The second kappa shape index (κ2) is 40.6. The molecule has 0 saturated carbocycles. The number of hydrogen-bond acceptors (Lipinski definition) is 23. The molecule has 0 spiro atoms. The molecule has 3 aliphatic heterocycles. The molecule has 29 heteroatoms. The summed E-state index contributed by atoms with van der Waals surface area (Å²) in [7, 11) is 2.06. The number of hydrogen-bond donors (Lipinski definition) is 17. The van der Waals surface area contributed by atoms with Gasteiger partial charge >= 0.3 is 5.97 Å². The fourth-order valence-electron chi connectivity index (χ4n) is 12.8. The van der Waals surface area contributed by atoms with Gasteiger partial charge in [0.2, 0.25) is 29.5 Å². The number of carbonyl (C=O) groups excluding carboxylic acids is 9. The van der Waals surface area contributed by atoms with Crippen molar-refractivity contribution in [1.29, 1.82) is 0 Å². The van der Waals surface area contributed by atoms with Crippen LogP contribution in [0.1, 0.15) is 107 Å². The number of ketones is 4. The first-order chi connectivity index (χ1) is 47.9. The first-order valence-electron chi connectivity index (χ1n) is 34.8. The number of nitrogens with one attached hydrogen (secondary N) is 11. The fraction of sp³-hybridized carbons (Fsp3) is 0.577. The van der Waals surface area contributed by atoms with Crippen LogP contribution in [0, 0.1) is 23.7 Å². The minimum Gasteiger partial charge on any atom is -0.508 e. The number of unbranched alkanes of at least 4 members (excludes halogenated alkanes) is 1. The van der Waals surface area contributed by atoms with Crippen LogP contribution in [0.2, 0.25) is 0 Å². The number of carboxylic acids is 1. The van der Waals surface area contributed by atoms with Gasteiger partial charge in [0, 0.05) is 127 Å². The zero-order chi connectivity index (χ0) is 72.2. The molecule has 3 saturated heterocycles. The van der Waals surface area contributed by atoms with Gasteiger partial charge in [0.1, 0.15) is 29.3 Å². The van der Waals surface area contributed by atoms with E-state index in [-0.39, 0.29) is 74.7 Å². The molecular formula is C71H103N13O14S2. The van der Waals surface area contributed by atoms with Crippen LogP contribution in [0.5, 0.6) is 5.75 Å². The van der Waals surface area contributed by atoms with E-state index in [4.69, 9.17) is 11.5 Å². The zero-order valence-corrected chi connectivity index (χ0v) is 58.9. The monoisotopic (exact) mass is 1430 g/mol. The van der Waals surface area contributed by atoms with Crippen molar-refractivity contribution in [2.75, 3.05) is 83.5 Å². The molecule has 7 rings (SSSR count). The average Bonchev–Trinajstić information content (AvgIpc) is 1.63. The van der Waals surface area contributed by atoms with Gasteiger partial charge in [-0.05, 0) is 112 Å². The molecule has 2 unspecified atom stereocenters. The highest BCUT2D eigenvalue weighted by Gasteiger charge is 2.39. The molecule has 100 heavy (non-hydrogen) atoms. The maximum atomic E-state index is 15.4. The van der Waals surface area contributed by atoms with Crippen molar-refractivity contribution in [3.8, 4) is 5.75 Å². The lowest BCUT2D eigenvalue weighted by molar-refractivity contribution is -0.148. The standard InChI is InChI=1S/C71H103N13O14S2/c1-44(85)55(69(97)98)37-59(88)51-35-62(91)65(45(2)86)83-68(96)56(15-8-9-24-72)81-66(94)50(33-49-21-20-48-13-6-7-14-54(48)49)34-60(89)58(32-47-18-22-53(87)23-19-47)82-67(95)52(39-100-99-38-51)36-61(90)57(31-46-11-4-3-5-12-46)80-63(92)16-10-17-64(93)84-71-42-76-27-25-74-40-70(73,78-29-30-79-71)41-75-26-28-77-43-71/h3-7,11-14,18-19,21-23,44-45,50-52,55-58,65,74-79,85-87H,8-10,15-17,20,24-43,72-73H2,1-2H3,(H,80,92)(H,81,94)(H,82,95)(H,83,96)(H,84,93)(H,97,98)/t44?,45?,50-,51-,52-,55-,56-,57+,58-,65-,70?,71?/m0/s1. The van der Waals surface area contributed by atoms with Gasteiger partial charge < -0.3 is 79.7 Å². The SMILES string of the molecule is CC(O)[C@H](CC(=O)[C@@H]1CSSC[C@H](CC(=O)[C@@H](Cc2ccccc2)NC(=O)CCCC(=O)NC23CNCCNCC(N)(CNCCNC2)NCCN3)C(=O)N[C@@H](Cc2ccc(O)cc2)C(=O)C[C@H](CC2=CCc3ccccc32)C(=O)N[C@@H](CCCCN)C(=O)N[C@@H](C(C)O)C(=O)C1)C(=O)O. The van der Waals surface area contributed by atoms with Crippen molar-refractivity contribution >= 4 is 85.8 Å². The molecule has 0 aromatic heterocycles. The van der Waals surface area contributed by atoms with Crippen molar-refractivity contribution in [3.05, 3.63) is 107 Å². The van der Waals surface area contributed by atoms with Gasteiger partial charge in [-0.3, -0.25) is 58.6 Å². The van der Waals surface area contributed by atoms with Crippen LogP contribution in [-0.4, -0.2) is 210 Å². The molecule has 0 radical (unpaired) electrons. The lowest BCUT2D eigenvalue weighted by Gasteiger charge is -2.39. The van der Waals surface area contributed by atoms with Crippen LogP contribution in [-0.2, 0) is 67.2 Å². The van der Waals surface area contributed by atoms with Crippen LogP contribution in [0.25, 0.3) is 5.57 Å². The van der Waals surface area contributed by atoms with E-state index in [1.165, 1.54) is 26.0 Å². The number of aliphatic carboxylic acids is 1. The number of phenols is 1. The number of amides is 5. The van der Waals surface area contributed by atoms with Crippen molar-refractivity contribution in [3.63, 3.8) is 0 Å². The fourth-order valence-corrected chi connectivity index (χ4v) is 15.4. The molecule has 2 bridgehead atoms. The van der Waals surface area contributed by atoms with E-state index in [1.807, 2.05) is 30.3 Å². The van der Waals surface area contributed by atoms with Gasteiger partial charge in [0.25, 0.3) is 0 Å². The quantitative estimate of drug-likeness (QED) is 0.0393. The third-order valence-corrected chi connectivity index (χ3v) is 21.2. The number of Topliss-reactive ketones (excluding diaryl/α,β-unsaturated/α-hetero) is 4. The summed E-state index contributed by atoms with van der Waals surface area (Å²) in [5, 5.41) is 77.1. The summed E-state index contributed by atoms with van der Waals surface area (Å²) >= 11 is 0. The molecule has 3 heterocycles. The van der Waals surface area contributed by atoms with Crippen molar-refractivity contribution in [1.82, 2.24) is 58.5 Å². The maximum Gasteiger partial charge on any atom is 0.309 e. The lowest BCUT2D eigenvalue weighted by Crippen LogP contribution is -2.72. The second-order valence-electron chi connectivity index (χ2n) is 26.8. The topological polar surface area (TPSA) is 436 Å². The van der Waals surface area contributed by atoms with E-state index in [0.29, 0.717) is 95.8 Å². The van der Waals surface area contributed by atoms with E-state index in [0.717, 1.165) is 38.3 Å². The second-order valence-corrected chi connectivity index (χ2v) is 29.4. The first kappa shape index (κ1) is 80.3. The lowest BCUT2D eigenvalue weighted by atomic mass is 9.87. The van der Waals surface area contributed by atoms with Crippen LogP contribution >= 0.6 is 21.6 Å². The summed E-state index contributed by atoms with van der Waals surface area (Å²) in [4.78, 5) is 145. The molecule has 548 valence electrons. The number of aromatic hydroxyl groups is 1. The van der Waals surface area contributed by atoms with Gasteiger partial charge in [0.05, 0.1) is 41.8 Å². The van der Waals surface area contributed by atoms with Gasteiger partial charge in [-0.25, -0.2) is 0 Å². The molecule has 3 fully saturated rings. The van der Waals surface area contributed by atoms with Crippen molar-refractivity contribution in [2.45, 2.75) is 151 Å². The molecule has 3 aromatic rings. The van der Waals surface area contributed by atoms with E-state index in [2.05, 4.69) is 58.5 Å². The number of carbonyl (C=O) groups is 10. The van der Waals surface area contributed by atoms with E-state index < -0.39 is 150 Å². The Morgan fingerprint density at radius 1 is 0.660 bits per heavy atom. The first-order valence-corrected chi connectivity index (χ1v) is 37.3.